The summed E-state index contributed by atoms with van der Waals surface area (Å²) in [6, 6.07) is 5.51. The highest BCUT2D eigenvalue weighted by Gasteiger charge is 2.33. The van der Waals surface area contributed by atoms with Crippen LogP contribution < -0.4 is 10.2 Å². The largest absolute Gasteiger partial charge is 0.353 e. The van der Waals surface area contributed by atoms with Crippen LogP contribution in [0.2, 0.25) is 5.02 Å². The van der Waals surface area contributed by atoms with E-state index in [0.29, 0.717) is 16.5 Å². The van der Waals surface area contributed by atoms with Gasteiger partial charge in [-0.3, -0.25) is 4.79 Å². The van der Waals surface area contributed by atoms with E-state index in [4.69, 9.17) is 11.6 Å². The van der Waals surface area contributed by atoms with Crippen molar-refractivity contribution in [1.29, 1.82) is 0 Å². The first-order chi connectivity index (χ1) is 9.16. The van der Waals surface area contributed by atoms with E-state index < -0.39 is 0 Å². The lowest BCUT2D eigenvalue weighted by Crippen LogP contribution is -2.55. The van der Waals surface area contributed by atoms with Crippen molar-refractivity contribution in [1.82, 2.24) is 5.32 Å². The van der Waals surface area contributed by atoms with Gasteiger partial charge in [-0.1, -0.05) is 23.8 Å². The highest BCUT2D eigenvalue weighted by Crippen LogP contribution is 2.33. The summed E-state index contributed by atoms with van der Waals surface area (Å²) >= 11 is 5.97. The Hall–Kier alpha value is -1.48. The van der Waals surface area contributed by atoms with Crippen LogP contribution in [0.4, 0.5) is 5.69 Å². The zero-order valence-electron chi connectivity index (χ0n) is 10.9. The van der Waals surface area contributed by atoms with Gasteiger partial charge >= 0.3 is 0 Å². The van der Waals surface area contributed by atoms with Crippen molar-refractivity contribution in [2.45, 2.75) is 25.4 Å². The van der Waals surface area contributed by atoms with Crippen molar-refractivity contribution < 1.29 is 4.79 Å². The fourth-order valence-corrected chi connectivity index (χ4v) is 3.17. The molecule has 4 heteroatoms. The van der Waals surface area contributed by atoms with Gasteiger partial charge in [0.25, 0.3) is 5.91 Å². The molecule has 0 fully saturated rings. The predicted octanol–water partition coefficient (Wildman–Crippen LogP) is 3.20. The second-order valence-electron chi connectivity index (χ2n) is 5.24. The molecule has 1 heterocycles. The molecule has 3 nitrogen and oxygen atoms in total. The van der Waals surface area contributed by atoms with E-state index in [1.54, 1.807) is 6.07 Å². The van der Waals surface area contributed by atoms with Crippen LogP contribution in [-0.2, 0) is 0 Å². The van der Waals surface area contributed by atoms with Crippen LogP contribution in [0.1, 0.15) is 29.6 Å². The highest BCUT2D eigenvalue weighted by molar-refractivity contribution is 6.31. The summed E-state index contributed by atoms with van der Waals surface area (Å²) in [6.45, 7) is 0. The van der Waals surface area contributed by atoms with Crippen LogP contribution in [0.15, 0.2) is 30.4 Å². The van der Waals surface area contributed by atoms with Crippen LogP contribution in [0.25, 0.3) is 0 Å². The van der Waals surface area contributed by atoms with Gasteiger partial charge < -0.3 is 10.2 Å². The molecule has 1 aromatic carbocycles. The summed E-state index contributed by atoms with van der Waals surface area (Å²) in [7, 11) is 2.04. The van der Waals surface area contributed by atoms with Crippen molar-refractivity contribution in [2.24, 2.45) is 5.92 Å². The molecule has 0 bridgehead atoms. The molecule has 1 N–H and O–H groups in total. The summed E-state index contributed by atoms with van der Waals surface area (Å²) < 4.78 is 0. The number of carbonyl (C=O) groups is 1. The molecule has 2 atom stereocenters. The van der Waals surface area contributed by atoms with Crippen molar-refractivity contribution in [3.63, 3.8) is 0 Å². The molecule has 1 aliphatic carbocycles. The zero-order chi connectivity index (χ0) is 13.4. The second kappa shape index (κ2) is 4.89. The standard InChI is InChI=1S/C15H17ClN2O/c1-18-13-8-7-11(16)9-12(13)15(19)17-14(18)10-5-3-2-4-6-10/h2-3,7-10,14H,4-6H2,1H3,(H,17,19)/t10-,14-/m0/s1. The SMILES string of the molecule is CN1c2ccc(Cl)cc2C(=O)N[C@@H]1[C@H]1CC=CCC1. The number of nitrogens with zero attached hydrogens (tertiary/aromatic N) is 1. The maximum Gasteiger partial charge on any atom is 0.255 e. The Morgan fingerprint density at radius 2 is 2.21 bits per heavy atom. The number of fused-ring (bicyclic) bond motifs is 1. The van der Waals surface area contributed by atoms with Crippen molar-refractivity contribution in [3.05, 3.63) is 40.9 Å². The number of nitrogens with one attached hydrogen (secondary N) is 1. The number of anilines is 1. The molecule has 1 aromatic rings. The first-order valence-corrected chi connectivity index (χ1v) is 7.03. The molecule has 0 spiro atoms. The van der Waals surface area contributed by atoms with Gasteiger partial charge in [0.05, 0.1) is 11.3 Å². The molecule has 19 heavy (non-hydrogen) atoms. The summed E-state index contributed by atoms with van der Waals surface area (Å²) in [4.78, 5) is 14.4. The predicted molar refractivity (Wildman–Crippen MR) is 77.6 cm³/mol. The minimum atomic E-state index is -0.0184. The maximum atomic E-state index is 12.2. The van der Waals surface area contributed by atoms with Crippen LogP contribution in [0.3, 0.4) is 0 Å². The smallest absolute Gasteiger partial charge is 0.255 e. The van der Waals surface area contributed by atoms with Gasteiger partial charge in [0, 0.05) is 18.0 Å². The molecule has 2 aliphatic rings. The lowest BCUT2D eigenvalue weighted by Gasteiger charge is -2.41. The fraction of sp³-hybridized carbons (Fsp3) is 0.400. The molecular weight excluding hydrogens is 260 g/mol. The molecular formula is C15H17ClN2O. The first kappa shape index (κ1) is 12.5. The summed E-state index contributed by atoms with van der Waals surface area (Å²) in [5.74, 6) is 0.456. The Morgan fingerprint density at radius 3 is 2.95 bits per heavy atom. The number of halogens is 1. The summed E-state index contributed by atoms with van der Waals surface area (Å²) in [5, 5.41) is 3.71. The molecule has 0 radical (unpaired) electrons. The molecule has 0 unspecified atom stereocenters. The Labute approximate surface area is 118 Å². The molecule has 1 amide bonds. The second-order valence-corrected chi connectivity index (χ2v) is 5.67. The number of rotatable bonds is 1. The third-order valence-electron chi connectivity index (χ3n) is 4.04. The lowest BCUT2D eigenvalue weighted by atomic mass is 9.89. The first-order valence-electron chi connectivity index (χ1n) is 6.65. The van der Waals surface area contributed by atoms with E-state index in [1.807, 2.05) is 19.2 Å². The zero-order valence-corrected chi connectivity index (χ0v) is 11.7. The number of allylic oxidation sites excluding steroid dienone is 2. The van der Waals surface area contributed by atoms with Gasteiger partial charge in [-0.25, -0.2) is 0 Å². The Morgan fingerprint density at radius 1 is 1.37 bits per heavy atom. The maximum absolute atomic E-state index is 12.2. The number of carbonyl (C=O) groups excluding carboxylic acids is 1. The molecule has 3 rings (SSSR count). The fourth-order valence-electron chi connectivity index (χ4n) is 2.99. The monoisotopic (exact) mass is 276 g/mol. The van der Waals surface area contributed by atoms with Gasteiger partial charge in [-0.05, 0) is 37.5 Å². The van der Waals surface area contributed by atoms with Crippen molar-refractivity contribution in [2.75, 3.05) is 11.9 Å². The van der Waals surface area contributed by atoms with E-state index >= 15 is 0 Å². The molecule has 100 valence electrons. The summed E-state index contributed by atoms with van der Waals surface area (Å²) in [6.07, 6.45) is 7.75. The van der Waals surface area contributed by atoms with Crippen LogP contribution >= 0.6 is 11.6 Å². The van der Waals surface area contributed by atoms with Crippen LogP contribution in [0, 0.1) is 5.92 Å². The quantitative estimate of drug-likeness (QED) is 0.799. The Balaban J connectivity index is 1.93. The Kier molecular flexibility index (Phi) is 3.23. The number of hydrogen-bond acceptors (Lipinski definition) is 2. The van der Waals surface area contributed by atoms with Gasteiger partial charge in [0.2, 0.25) is 0 Å². The molecule has 0 aromatic heterocycles. The average Bonchev–Trinajstić information content (AvgIpc) is 2.43. The van der Waals surface area contributed by atoms with Crippen LogP contribution in [0.5, 0.6) is 0 Å². The Bertz CT molecular complexity index is 541. The number of benzene rings is 1. The van der Waals surface area contributed by atoms with Gasteiger partial charge in [0.15, 0.2) is 0 Å². The third kappa shape index (κ3) is 2.23. The topological polar surface area (TPSA) is 32.3 Å². The van der Waals surface area contributed by atoms with E-state index in [0.717, 1.165) is 24.9 Å². The van der Waals surface area contributed by atoms with Crippen molar-refractivity contribution >= 4 is 23.2 Å². The van der Waals surface area contributed by atoms with E-state index in [2.05, 4.69) is 22.4 Å². The van der Waals surface area contributed by atoms with Crippen LogP contribution in [-0.4, -0.2) is 19.1 Å². The minimum absolute atomic E-state index is 0.0184. The van der Waals surface area contributed by atoms with Gasteiger partial charge in [-0.15, -0.1) is 0 Å². The van der Waals surface area contributed by atoms with Gasteiger partial charge in [0.1, 0.15) is 6.17 Å². The minimum Gasteiger partial charge on any atom is -0.353 e. The average molecular weight is 277 g/mol. The summed E-state index contributed by atoms with van der Waals surface area (Å²) in [5.41, 5.74) is 1.63. The molecule has 1 aliphatic heterocycles. The number of hydrogen-bond donors (Lipinski definition) is 1. The van der Waals surface area contributed by atoms with E-state index in [9.17, 15) is 4.79 Å². The molecule has 0 saturated heterocycles. The van der Waals surface area contributed by atoms with E-state index in [1.165, 1.54) is 0 Å². The molecule has 0 saturated carbocycles. The lowest BCUT2D eigenvalue weighted by molar-refractivity contribution is 0.0908. The number of amides is 1. The third-order valence-corrected chi connectivity index (χ3v) is 4.27. The highest BCUT2D eigenvalue weighted by atomic mass is 35.5. The van der Waals surface area contributed by atoms with Crippen molar-refractivity contribution in [3.8, 4) is 0 Å². The normalized spacial score (nSPS) is 26.0. The van der Waals surface area contributed by atoms with E-state index in [-0.39, 0.29) is 12.1 Å². The van der Waals surface area contributed by atoms with Gasteiger partial charge in [-0.2, -0.15) is 0 Å².